The highest BCUT2D eigenvalue weighted by Gasteiger charge is 2.22. The number of rotatable bonds is 9. The zero-order valence-corrected chi connectivity index (χ0v) is 22.3. The van der Waals surface area contributed by atoms with Gasteiger partial charge in [0.2, 0.25) is 11.7 Å². The van der Waals surface area contributed by atoms with Crippen LogP contribution in [0, 0.1) is 0 Å². The summed E-state index contributed by atoms with van der Waals surface area (Å²) in [6.45, 7) is 4.45. The van der Waals surface area contributed by atoms with E-state index in [4.69, 9.17) is 0 Å². The first kappa shape index (κ1) is 26.2. The number of hydrogen-bond donors (Lipinski definition) is 2. The van der Waals surface area contributed by atoms with Crippen LogP contribution in [0.3, 0.4) is 0 Å². The average Bonchev–Trinajstić information content (AvgIpc) is 3.54. The number of pyridine rings is 1. The molecule has 1 aliphatic carbocycles. The summed E-state index contributed by atoms with van der Waals surface area (Å²) in [5.41, 5.74) is 4.93. The molecule has 0 atom stereocenters. The van der Waals surface area contributed by atoms with E-state index in [-0.39, 0.29) is 17.6 Å². The number of nitrogens with zero attached hydrogens (tertiary/aromatic N) is 2. The fraction of sp³-hybridized carbons (Fsp3) is 0.452. The van der Waals surface area contributed by atoms with Gasteiger partial charge in [-0.05, 0) is 68.0 Å². The first-order chi connectivity index (χ1) is 18.5. The monoisotopic (exact) mass is 514 g/mol. The first-order valence-corrected chi connectivity index (χ1v) is 14.1. The lowest BCUT2D eigenvalue weighted by Gasteiger charge is -2.19. The van der Waals surface area contributed by atoms with E-state index in [0.29, 0.717) is 48.9 Å². The summed E-state index contributed by atoms with van der Waals surface area (Å²) in [6, 6.07) is 14.3. The molecule has 0 bridgehead atoms. The minimum absolute atomic E-state index is 0.00696. The lowest BCUT2D eigenvalue weighted by molar-refractivity contribution is -0.120. The van der Waals surface area contributed by atoms with Gasteiger partial charge < -0.3 is 19.9 Å². The second-order valence-corrected chi connectivity index (χ2v) is 10.5. The zero-order chi connectivity index (χ0) is 26.5. The minimum atomic E-state index is -0.0924. The fourth-order valence-corrected chi connectivity index (χ4v) is 5.73. The van der Waals surface area contributed by atoms with Crippen molar-refractivity contribution in [3.63, 3.8) is 0 Å². The van der Waals surface area contributed by atoms with Crippen molar-refractivity contribution in [2.75, 3.05) is 26.2 Å². The molecule has 2 aromatic heterocycles. The molecule has 0 radical (unpaired) electrons. The Labute approximate surface area is 224 Å². The number of aryl methyl sites for hydroxylation is 2. The van der Waals surface area contributed by atoms with Crippen LogP contribution in [-0.2, 0) is 17.6 Å². The van der Waals surface area contributed by atoms with Crippen LogP contribution in [0.15, 0.2) is 48.7 Å². The maximum Gasteiger partial charge on any atom is 0.254 e. The second-order valence-electron chi connectivity index (χ2n) is 10.5. The third-order valence-electron chi connectivity index (χ3n) is 7.94. The van der Waals surface area contributed by atoms with Gasteiger partial charge in [-0.1, -0.05) is 44.0 Å². The summed E-state index contributed by atoms with van der Waals surface area (Å²) in [7, 11) is 0. The highest BCUT2D eigenvalue weighted by Crippen LogP contribution is 2.23. The molecule has 0 unspecified atom stereocenters. The summed E-state index contributed by atoms with van der Waals surface area (Å²) in [5, 5.41) is 6.47. The molecule has 1 saturated heterocycles. The maximum absolute atomic E-state index is 13.6. The molecular formula is C31H38N4O3. The normalized spacial score (nSPS) is 16.6. The van der Waals surface area contributed by atoms with Crippen LogP contribution in [0.2, 0.25) is 0 Å². The predicted molar refractivity (Wildman–Crippen MR) is 149 cm³/mol. The van der Waals surface area contributed by atoms with Gasteiger partial charge in [-0.15, -0.1) is 0 Å². The Bertz CT molecular complexity index is 1300. The fourth-order valence-electron chi connectivity index (χ4n) is 5.73. The van der Waals surface area contributed by atoms with Gasteiger partial charge in [0, 0.05) is 54.9 Å². The summed E-state index contributed by atoms with van der Waals surface area (Å²) >= 11 is 0. The molecule has 2 N–H and O–H groups in total. The van der Waals surface area contributed by atoms with Crippen molar-refractivity contribution in [2.24, 2.45) is 0 Å². The molecule has 38 heavy (non-hydrogen) atoms. The van der Waals surface area contributed by atoms with Gasteiger partial charge in [-0.2, -0.15) is 0 Å². The summed E-state index contributed by atoms with van der Waals surface area (Å²) in [4.78, 5) is 40.1. The van der Waals surface area contributed by atoms with Crippen molar-refractivity contribution >= 4 is 23.1 Å². The maximum atomic E-state index is 13.6. The third kappa shape index (κ3) is 5.83. The molecule has 200 valence electrons. The van der Waals surface area contributed by atoms with Gasteiger partial charge in [-0.3, -0.25) is 14.4 Å². The smallest absolute Gasteiger partial charge is 0.254 e. The standard InChI is InChI=1S/C31H38N4O3/c1-2-23-20-27-21-25(31(38)34-17-14-28(36)33-16-19-34)13-18-35(27)29(23)30(37)24-11-9-22(10-12-24)6-5-15-32-26-7-3-4-8-26/h9-13,18,20-21,26,32H,2-8,14-17,19H2,1H3,(H,33,36). The number of carbonyl (C=O) groups is 3. The molecule has 2 fully saturated rings. The Morgan fingerprint density at radius 2 is 1.82 bits per heavy atom. The molecule has 1 aromatic carbocycles. The number of carbonyl (C=O) groups excluding carboxylic acids is 3. The molecule has 5 rings (SSSR count). The topological polar surface area (TPSA) is 82.9 Å². The van der Waals surface area contributed by atoms with Crippen LogP contribution >= 0.6 is 0 Å². The van der Waals surface area contributed by atoms with Crippen LogP contribution in [0.25, 0.3) is 5.52 Å². The predicted octanol–water partition coefficient (Wildman–Crippen LogP) is 4.16. The molecule has 1 saturated carbocycles. The molecule has 1 aliphatic heterocycles. The number of hydrogen-bond acceptors (Lipinski definition) is 4. The van der Waals surface area contributed by atoms with E-state index >= 15 is 0 Å². The van der Waals surface area contributed by atoms with E-state index in [1.54, 1.807) is 11.0 Å². The van der Waals surface area contributed by atoms with E-state index < -0.39 is 0 Å². The van der Waals surface area contributed by atoms with Crippen LogP contribution in [0.1, 0.15) is 83.0 Å². The second kappa shape index (κ2) is 11.9. The lowest BCUT2D eigenvalue weighted by Crippen LogP contribution is -2.34. The number of amides is 2. The van der Waals surface area contributed by atoms with Gasteiger partial charge >= 0.3 is 0 Å². The molecular weight excluding hydrogens is 476 g/mol. The van der Waals surface area contributed by atoms with E-state index in [2.05, 4.69) is 22.8 Å². The van der Waals surface area contributed by atoms with Crippen molar-refractivity contribution < 1.29 is 14.4 Å². The van der Waals surface area contributed by atoms with Crippen LogP contribution < -0.4 is 10.6 Å². The van der Waals surface area contributed by atoms with Crippen molar-refractivity contribution in [3.8, 4) is 0 Å². The molecule has 2 aliphatic rings. The van der Waals surface area contributed by atoms with Crippen molar-refractivity contribution in [3.05, 3.63) is 76.6 Å². The van der Waals surface area contributed by atoms with Crippen molar-refractivity contribution in [1.29, 1.82) is 0 Å². The third-order valence-corrected chi connectivity index (χ3v) is 7.94. The molecule has 0 spiro atoms. The van der Waals surface area contributed by atoms with E-state index in [9.17, 15) is 14.4 Å². The molecule has 3 heterocycles. The highest BCUT2D eigenvalue weighted by molar-refractivity contribution is 6.10. The summed E-state index contributed by atoms with van der Waals surface area (Å²) in [5.74, 6) is -0.125. The van der Waals surface area contributed by atoms with Crippen LogP contribution in [0.5, 0.6) is 0 Å². The van der Waals surface area contributed by atoms with Crippen LogP contribution in [-0.4, -0.2) is 59.1 Å². The molecule has 3 aromatic rings. The summed E-state index contributed by atoms with van der Waals surface area (Å²) < 4.78 is 1.90. The van der Waals surface area contributed by atoms with E-state index in [0.717, 1.165) is 36.9 Å². The number of benzene rings is 1. The minimum Gasteiger partial charge on any atom is -0.354 e. The number of nitrogens with one attached hydrogen (secondary N) is 2. The molecule has 2 amide bonds. The Balaban J connectivity index is 1.28. The molecule has 7 heteroatoms. The Morgan fingerprint density at radius 1 is 1.03 bits per heavy atom. The number of aromatic nitrogens is 1. The van der Waals surface area contributed by atoms with Gasteiger partial charge in [0.25, 0.3) is 5.91 Å². The number of ketones is 1. The first-order valence-electron chi connectivity index (χ1n) is 14.1. The lowest BCUT2D eigenvalue weighted by atomic mass is 10.0. The van der Waals surface area contributed by atoms with Gasteiger partial charge in [0.05, 0.1) is 5.69 Å². The Kier molecular flexibility index (Phi) is 8.23. The quantitative estimate of drug-likeness (QED) is 0.332. The van der Waals surface area contributed by atoms with Crippen LogP contribution in [0.4, 0.5) is 0 Å². The Morgan fingerprint density at radius 3 is 2.58 bits per heavy atom. The van der Waals surface area contributed by atoms with E-state index in [1.807, 2.05) is 41.8 Å². The van der Waals surface area contributed by atoms with E-state index in [1.165, 1.54) is 31.2 Å². The zero-order valence-electron chi connectivity index (χ0n) is 22.3. The van der Waals surface area contributed by atoms with Gasteiger partial charge in [-0.25, -0.2) is 0 Å². The molecule has 7 nitrogen and oxygen atoms in total. The Hall–Kier alpha value is -3.45. The number of fused-ring (bicyclic) bond motifs is 1. The largest absolute Gasteiger partial charge is 0.354 e. The van der Waals surface area contributed by atoms with Gasteiger partial charge in [0.1, 0.15) is 0 Å². The highest BCUT2D eigenvalue weighted by atomic mass is 16.2. The van der Waals surface area contributed by atoms with Gasteiger partial charge in [0.15, 0.2) is 0 Å². The average molecular weight is 515 g/mol. The van der Waals surface area contributed by atoms with Crippen molar-refractivity contribution in [2.45, 2.75) is 64.3 Å². The summed E-state index contributed by atoms with van der Waals surface area (Å²) in [6.07, 6.45) is 10.3. The van der Waals surface area contributed by atoms with Crippen molar-refractivity contribution in [1.82, 2.24) is 19.9 Å². The SMILES string of the molecule is CCc1cc2cc(C(=O)N3CCNC(=O)CC3)ccn2c1C(=O)c1ccc(CCCNC2CCCC2)cc1.